The van der Waals surface area contributed by atoms with E-state index < -0.39 is 29.3 Å². The van der Waals surface area contributed by atoms with E-state index in [0.29, 0.717) is 39.7 Å². The number of hydrogen-bond donors (Lipinski definition) is 4. The number of phenolic OH excluding ortho intramolecular Hbond substituents is 1. The van der Waals surface area contributed by atoms with Crippen molar-refractivity contribution in [3.8, 4) is 40.2 Å². The van der Waals surface area contributed by atoms with Crippen molar-refractivity contribution >= 4 is 53.8 Å². The first-order chi connectivity index (χ1) is 41.1. The maximum atomic E-state index is 13.1. The van der Waals surface area contributed by atoms with E-state index in [1.165, 1.54) is 79.9 Å². The number of allylic oxidation sites excluding steroid dienone is 7. The number of phenols is 2. The van der Waals surface area contributed by atoms with Gasteiger partial charge < -0.3 is 44.1 Å². The average Bonchev–Trinajstić information content (AvgIpc) is 3.73. The molecule has 0 fully saturated rings. The van der Waals surface area contributed by atoms with Gasteiger partial charge in [0, 0.05) is 28.7 Å². The highest BCUT2D eigenvalue weighted by atomic mass is 19.4. The van der Waals surface area contributed by atoms with Gasteiger partial charge in [-0.25, -0.2) is 0 Å². The van der Waals surface area contributed by atoms with Gasteiger partial charge >= 0.3 is 12.4 Å². The molecule has 0 unspecified atom stereocenters. The molecule has 4 N–H and O–H groups in total. The minimum Gasteiger partial charge on any atom is -0.508 e. The Labute approximate surface area is 493 Å². The lowest BCUT2D eigenvalue weighted by atomic mass is 9.98. The van der Waals surface area contributed by atoms with Crippen molar-refractivity contribution in [3.63, 3.8) is 0 Å². The zero-order valence-corrected chi connectivity index (χ0v) is 47.1. The van der Waals surface area contributed by atoms with Gasteiger partial charge in [0.05, 0.1) is 53.3 Å². The van der Waals surface area contributed by atoms with Crippen LogP contribution >= 0.6 is 0 Å². The first-order valence-corrected chi connectivity index (χ1v) is 25.8. The zero-order valence-electron chi connectivity index (χ0n) is 47.1. The molecule has 0 aliphatic carbocycles. The number of ether oxygens (including phenoxy) is 5. The zero-order chi connectivity index (χ0) is 62.8. The van der Waals surface area contributed by atoms with Gasteiger partial charge in [0.2, 0.25) is 0 Å². The van der Waals surface area contributed by atoms with Crippen LogP contribution in [-0.4, -0.2) is 73.3 Å². The summed E-state index contributed by atoms with van der Waals surface area (Å²) in [4.78, 5) is 37.0. The van der Waals surface area contributed by atoms with Crippen molar-refractivity contribution in [2.45, 2.75) is 25.4 Å². The molecule has 0 atom stereocenters. The van der Waals surface area contributed by atoms with Crippen LogP contribution in [0.15, 0.2) is 199 Å². The molecule has 7 aromatic carbocycles. The molecule has 446 valence electrons. The summed E-state index contributed by atoms with van der Waals surface area (Å²) in [5, 5.41) is 39.6. The molecule has 18 heteroatoms. The minimum absolute atomic E-state index is 0.00277. The van der Waals surface area contributed by atoms with Gasteiger partial charge in [0.15, 0.2) is 28.8 Å². The molecule has 0 spiro atoms. The smallest absolute Gasteiger partial charge is 0.416 e. The second kappa shape index (κ2) is 32.5. The second-order valence-corrected chi connectivity index (χ2v) is 18.1. The molecule has 7 aromatic rings. The third kappa shape index (κ3) is 20.5. The topological polar surface area (TPSA) is 178 Å². The number of methoxy groups -OCH3 is 5. The fraction of sp³-hybridized carbons (Fsp3) is 0.132. The van der Waals surface area contributed by atoms with Crippen molar-refractivity contribution in [1.82, 2.24) is 0 Å². The first kappa shape index (κ1) is 66.5. The third-order valence-corrected chi connectivity index (χ3v) is 12.3. The Bertz CT molecular complexity index is 3530. The monoisotopic (exact) mass is 1180 g/mol. The predicted octanol–water partition coefficient (Wildman–Crippen LogP) is 15.0. The summed E-state index contributed by atoms with van der Waals surface area (Å²) in [6.45, 7) is -0.320. The molecule has 0 saturated heterocycles. The van der Waals surface area contributed by atoms with E-state index in [0.717, 1.165) is 53.1 Å². The normalized spacial score (nSPS) is 12.0. The molecular formula is C68H60F6O12. The number of aliphatic hydroxyl groups is 2. The Balaban J connectivity index is 0.000000239. The number of carbonyl (C=O) groups is 3. The highest BCUT2D eigenvalue weighted by Crippen LogP contribution is 2.35. The van der Waals surface area contributed by atoms with E-state index in [4.69, 9.17) is 23.7 Å². The number of halogens is 6. The highest BCUT2D eigenvalue weighted by molar-refractivity contribution is 6.07. The first-order valence-electron chi connectivity index (χ1n) is 25.8. The summed E-state index contributed by atoms with van der Waals surface area (Å²) < 4.78 is 103. The van der Waals surface area contributed by atoms with Crippen LogP contribution in [0.2, 0.25) is 0 Å². The van der Waals surface area contributed by atoms with Crippen LogP contribution in [0, 0.1) is 0 Å². The quantitative estimate of drug-likeness (QED) is 0.0232. The lowest BCUT2D eigenvalue weighted by Gasteiger charge is -2.09. The van der Waals surface area contributed by atoms with Gasteiger partial charge in [-0.2, -0.15) is 26.3 Å². The van der Waals surface area contributed by atoms with Gasteiger partial charge in [-0.3, -0.25) is 14.4 Å². The Morgan fingerprint density at radius 1 is 0.442 bits per heavy atom. The molecular weight excluding hydrogens is 1120 g/mol. The Morgan fingerprint density at radius 3 is 1.33 bits per heavy atom. The van der Waals surface area contributed by atoms with Crippen LogP contribution < -0.4 is 23.7 Å². The summed E-state index contributed by atoms with van der Waals surface area (Å²) in [5.41, 5.74) is 1.99. The van der Waals surface area contributed by atoms with Crippen molar-refractivity contribution in [3.05, 3.63) is 255 Å². The number of aromatic hydroxyl groups is 2. The minimum atomic E-state index is -4.58. The van der Waals surface area contributed by atoms with E-state index in [1.54, 1.807) is 113 Å². The van der Waals surface area contributed by atoms with Crippen molar-refractivity contribution in [2.24, 2.45) is 0 Å². The van der Waals surface area contributed by atoms with Crippen LogP contribution in [0.1, 0.15) is 55.6 Å². The summed E-state index contributed by atoms with van der Waals surface area (Å²) in [6.07, 6.45) is 7.05. The van der Waals surface area contributed by atoms with Gasteiger partial charge in [-0.1, -0.05) is 103 Å². The number of ketones is 3. The molecule has 12 nitrogen and oxygen atoms in total. The number of aliphatic hydroxyl groups excluding tert-OH is 2. The summed E-state index contributed by atoms with van der Waals surface area (Å²) >= 11 is 0. The Kier molecular flexibility index (Phi) is 25.1. The number of benzene rings is 7. The molecule has 0 amide bonds. The number of hydrogen-bond acceptors (Lipinski definition) is 12. The van der Waals surface area contributed by atoms with Gasteiger partial charge in [0.1, 0.15) is 34.5 Å². The largest absolute Gasteiger partial charge is 0.508 e. The average molecular weight is 1180 g/mol. The number of alkyl halides is 6. The third-order valence-electron chi connectivity index (χ3n) is 12.3. The molecule has 0 bridgehead atoms. The van der Waals surface area contributed by atoms with Gasteiger partial charge in [0.25, 0.3) is 0 Å². The maximum Gasteiger partial charge on any atom is 0.416 e. The van der Waals surface area contributed by atoms with Gasteiger partial charge in [-0.05, 0) is 149 Å². The Morgan fingerprint density at radius 2 is 0.872 bits per heavy atom. The van der Waals surface area contributed by atoms with E-state index in [2.05, 4.69) is 0 Å². The van der Waals surface area contributed by atoms with Crippen molar-refractivity contribution in [1.29, 1.82) is 0 Å². The number of rotatable bonds is 21. The molecule has 0 saturated carbocycles. The molecule has 86 heavy (non-hydrogen) atoms. The van der Waals surface area contributed by atoms with E-state index in [-0.39, 0.29) is 64.3 Å². The summed E-state index contributed by atoms with van der Waals surface area (Å²) in [7, 11) is 7.78. The summed E-state index contributed by atoms with van der Waals surface area (Å²) in [5.74, 6) is 1.49. The fourth-order valence-corrected chi connectivity index (χ4v) is 7.82. The fourth-order valence-electron chi connectivity index (χ4n) is 7.82. The van der Waals surface area contributed by atoms with E-state index in [9.17, 15) is 61.2 Å². The molecule has 7 rings (SSSR count). The molecule has 0 aliphatic rings. The highest BCUT2D eigenvalue weighted by Gasteiger charge is 2.33. The van der Waals surface area contributed by atoms with Crippen LogP contribution in [0.4, 0.5) is 26.3 Å². The maximum absolute atomic E-state index is 13.1. The van der Waals surface area contributed by atoms with Crippen LogP contribution in [0.5, 0.6) is 40.2 Å². The van der Waals surface area contributed by atoms with E-state index >= 15 is 0 Å². The summed E-state index contributed by atoms with van der Waals surface area (Å²) in [6, 6.07) is 38.8. The van der Waals surface area contributed by atoms with Crippen molar-refractivity contribution < 1.29 is 84.8 Å². The molecule has 0 radical (unpaired) electrons. The lowest BCUT2D eigenvalue weighted by Crippen LogP contribution is -2.07. The van der Waals surface area contributed by atoms with Crippen molar-refractivity contribution in [2.75, 3.05) is 35.5 Å². The van der Waals surface area contributed by atoms with Crippen LogP contribution in [0.3, 0.4) is 0 Å². The molecule has 0 heterocycles. The SMILES string of the molecule is COc1cc(/C=C/C(=O)C(Cc2ccccc2)=C(O)/C=C/c2ccc(O)c(CO)c2)ccc1O.COc1ccc(OC)c(/C=C/C(=O)/C=C/c2cc(OC)ccc2OC)c1.O=C(/C=C/c1ccccc1C(F)(F)F)/C=C/c1ccccc1C(F)(F)F. The number of carbonyl (C=O) groups excluding carboxylic acids is 3. The predicted molar refractivity (Wildman–Crippen MR) is 320 cm³/mol. The van der Waals surface area contributed by atoms with E-state index in [1.807, 2.05) is 30.3 Å². The Hall–Kier alpha value is -10.3. The van der Waals surface area contributed by atoms with Gasteiger partial charge in [-0.15, -0.1) is 0 Å². The van der Waals surface area contributed by atoms with Crippen LogP contribution in [0.25, 0.3) is 36.5 Å². The lowest BCUT2D eigenvalue weighted by molar-refractivity contribution is -0.138. The molecule has 0 aliphatic heterocycles. The standard InChI is InChI=1S/C28H26O6.C21H22O5.C19H12F6O/c1-34-28-17-21(10-14-27(28)33)9-13-26(32)23(16-19-5-3-2-4-6-19)25(31)12-8-20-7-11-24(30)22(15-20)18-29;1-23-18-9-11-20(25-3)15(13-18)5-7-17(22)8-6-16-14-19(24-2)10-12-21(16)26-4;20-18(21,22)16-7-3-1-5-13(16)9-11-15(26)12-10-14-6-2-4-8-17(14)19(23,24)25/h2-15,17,29-31,33H,16,18H2,1H3;5-14H,1-4H3;1-12H/b12-8+,13-9+,25-23?;7-5+,8-6+;11-9+,12-10+. The second-order valence-electron chi connectivity index (χ2n) is 18.1. The van der Waals surface area contributed by atoms with Crippen LogP contribution in [-0.2, 0) is 39.8 Å². The molecule has 0 aromatic heterocycles.